The van der Waals surface area contributed by atoms with Crippen LogP contribution in [0.25, 0.3) is 119 Å². The maximum atomic E-state index is 5.52. The molecule has 4 heterocycles. The summed E-state index contributed by atoms with van der Waals surface area (Å²) in [5.41, 5.74) is 8.96. The Morgan fingerprint density at radius 2 is 0.964 bits per heavy atom. The van der Waals surface area contributed by atoms with Crippen LogP contribution in [0.2, 0.25) is 0 Å². The predicted octanol–water partition coefficient (Wildman–Crippen LogP) is 14.2. The molecule has 0 aliphatic carbocycles. The molecule has 4 aromatic heterocycles. The van der Waals surface area contributed by atoms with E-state index in [9.17, 15) is 0 Å². The molecule has 0 spiro atoms. The Hall–Kier alpha value is -7.01. The summed E-state index contributed by atoms with van der Waals surface area (Å²) in [6.07, 6.45) is 0. The van der Waals surface area contributed by atoms with Crippen molar-refractivity contribution in [2.45, 2.75) is 0 Å². The second-order valence-electron chi connectivity index (χ2n) is 14.3. The fourth-order valence-electron chi connectivity index (χ4n) is 8.58. The van der Waals surface area contributed by atoms with Gasteiger partial charge in [-0.25, -0.2) is 15.0 Å². The third-order valence-electron chi connectivity index (χ3n) is 11.2. The van der Waals surface area contributed by atoms with Crippen molar-refractivity contribution in [3.8, 4) is 33.8 Å². The summed E-state index contributed by atoms with van der Waals surface area (Å²) in [6, 6.07) is 63.0. The molecule has 12 rings (SSSR count). The number of benzene rings is 8. The fraction of sp³-hybridized carbons (Fsp3) is 0. The second kappa shape index (κ2) is 11.7. The first-order valence-electron chi connectivity index (χ1n) is 18.6. The van der Waals surface area contributed by atoms with Crippen LogP contribution in [0.15, 0.2) is 176 Å². The van der Waals surface area contributed by atoms with Crippen molar-refractivity contribution < 1.29 is 0 Å². The molecule has 0 bridgehead atoms. The Morgan fingerprint density at radius 3 is 1.75 bits per heavy atom. The zero-order valence-electron chi connectivity index (χ0n) is 29.5. The van der Waals surface area contributed by atoms with E-state index >= 15 is 0 Å². The smallest absolute Gasteiger partial charge is 0.0972 e. The molecule has 0 radical (unpaired) electrons. The highest BCUT2D eigenvalue weighted by Crippen LogP contribution is 2.45. The van der Waals surface area contributed by atoms with Crippen LogP contribution in [0.5, 0.6) is 0 Å². The average Bonchev–Trinajstić information content (AvgIpc) is 3.64. The third kappa shape index (κ3) is 4.65. The lowest BCUT2D eigenvalue weighted by atomic mass is 9.91. The number of pyridine rings is 3. The first kappa shape index (κ1) is 30.5. The Balaban J connectivity index is 1.12. The van der Waals surface area contributed by atoms with Crippen LogP contribution >= 0.6 is 11.3 Å². The molecule has 0 N–H and O–H groups in total. The Kier molecular flexibility index (Phi) is 6.50. The largest absolute Gasteiger partial charge is 0.247 e. The van der Waals surface area contributed by atoms with Gasteiger partial charge in [0.15, 0.2) is 0 Å². The summed E-state index contributed by atoms with van der Waals surface area (Å²) < 4.78 is 2.59. The molecule has 0 unspecified atom stereocenters. The number of hydrogen-bond acceptors (Lipinski definition) is 4. The Morgan fingerprint density at radius 1 is 0.364 bits per heavy atom. The van der Waals surface area contributed by atoms with Gasteiger partial charge in [-0.1, -0.05) is 140 Å². The summed E-state index contributed by atoms with van der Waals surface area (Å²) in [6.45, 7) is 0. The number of rotatable bonds is 3. The molecule has 0 atom stereocenters. The van der Waals surface area contributed by atoms with Gasteiger partial charge in [0.05, 0.1) is 33.6 Å². The molecule has 0 fully saturated rings. The van der Waals surface area contributed by atoms with Gasteiger partial charge >= 0.3 is 0 Å². The summed E-state index contributed by atoms with van der Waals surface area (Å²) in [5.74, 6) is 0. The molecule has 0 saturated heterocycles. The van der Waals surface area contributed by atoms with Crippen LogP contribution < -0.4 is 0 Å². The maximum Gasteiger partial charge on any atom is 0.0972 e. The van der Waals surface area contributed by atoms with E-state index in [4.69, 9.17) is 15.0 Å². The standard InChI is InChI=1S/C51H29N3S/c1-2-10-30(11-3-1)43-25-20-31-18-19-32-21-26-44(53-49(32)48(31)52-43)35-22-23-39(42-29-34-13-5-4-12-33(34)28-41(35)42)50-38-16-7-6-15-37(38)47-45(54-50)27-24-40-36-14-8-9-17-46(36)55-51(40)47/h1-29H. The topological polar surface area (TPSA) is 38.7 Å². The van der Waals surface area contributed by atoms with E-state index in [2.05, 4.69) is 170 Å². The molecule has 12 aromatic rings. The van der Waals surface area contributed by atoms with Crippen LogP contribution in [0.1, 0.15) is 0 Å². The average molecular weight is 716 g/mol. The minimum Gasteiger partial charge on any atom is -0.247 e. The van der Waals surface area contributed by atoms with Crippen molar-refractivity contribution in [1.82, 2.24) is 15.0 Å². The van der Waals surface area contributed by atoms with E-state index in [0.717, 1.165) is 77.3 Å². The molecule has 55 heavy (non-hydrogen) atoms. The molecule has 254 valence electrons. The Labute approximate surface area is 319 Å². The zero-order valence-corrected chi connectivity index (χ0v) is 30.3. The zero-order chi connectivity index (χ0) is 36.0. The van der Waals surface area contributed by atoms with Gasteiger partial charge in [-0.3, -0.25) is 0 Å². The SMILES string of the molecule is c1ccc(-c2ccc3ccc4ccc(-c5ccc(-c6nc7ccc8c9ccccc9sc8c7c7ccccc67)c6cc7ccccc7cc56)nc4c3n2)cc1. The van der Waals surface area contributed by atoms with Crippen LogP contribution in [0.4, 0.5) is 0 Å². The number of fused-ring (bicyclic) bond motifs is 12. The first-order valence-corrected chi connectivity index (χ1v) is 19.4. The Bertz CT molecular complexity index is 3550. The number of nitrogens with zero attached hydrogens (tertiary/aromatic N) is 3. The molecule has 0 aliphatic heterocycles. The van der Waals surface area contributed by atoms with Crippen LogP contribution in [0.3, 0.4) is 0 Å². The van der Waals surface area contributed by atoms with E-state index in [1.165, 1.54) is 41.7 Å². The van der Waals surface area contributed by atoms with Gasteiger partial charge in [-0.2, -0.15) is 0 Å². The van der Waals surface area contributed by atoms with E-state index in [0.29, 0.717) is 0 Å². The van der Waals surface area contributed by atoms with E-state index in [-0.39, 0.29) is 0 Å². The summed E-state index contributed by atoms with van der Waals surface area (Å²) in [4.78, 5) is 16.1. The number of aromatic nitrogens is 3. The first-order chi connectivity index (χ1) is 27.2. The molecule has 4 heteroatoms. The molecular weight excluding hydrogens is 687 g/mol. The van der Waals surface area contributed by atoms with Crippen molar-refractivity contribution in [3.05, 3.63) is 176 Å². The molecule has 0 amide bonds. The highest BCUT2D eigenvalue weighted by atomic mass is 32.1. The van der Waals surface area contributed by atoms with Crippen LogP contribution in [-0.2, 0) is 0 Å². The summed E-state index contributed by atoms with van der Waals surface area (Å²) in [5, 5.41) is 13.0. The summed E-state index contributed by atoms with van der Waals surface area (Å²) in [7, 11) is 0. The lowest BCUT2D eigenvalue weighted by molar-refractivity contribution is 1.37. The lowest BCUT2D eigenvalue weighted by Gasteiger charge is -2.16. The van der Waals surface area contributed by atoms with Gasteiger partial charge in [0.25, 0.3) is 0 Å². The van der Waals surface area contributed by atoms with Gasteiger partial charge < -0.3 is 0 Å². The molecule has 3 nitrogen and oxygen atoms in total. The van der Waals surface area contributed by atoms with E-state index in [1.807, 2.05) is 17.4 Å². The molecule has 8 aromatic carbocycles. The molecular formula is C51H29N3S. The van der Waals surface area contributed by atoms with E-state index in [1.54, 1.807) is 0 Å². The quantitative estimate of drug-likeness (QED) is 0.135. The highest BCUT2D eigenvalue weighted by Gasteiger charge is 2.19. The third-order valence-corrected chi connectivity index (χ3v) is 12.4. The highest BCUT2D eigenvalue weighted by molar-refractivity contribution is 7.26. The molecule has 0 saturated carbocycles. The fourth-order valence-corrected chi connectivity index (χ4v) is 9.83. The van der Waals surface area contributed by atoms with Gasteiger partial charge in [0, 0.05) is 58.4 Å². The van der Waals surface area contributed by atoms with Crippen molar-refractivity contribution in [1.29, 1.82) is 0 Å². The van der Waals surface area contributed by atoms with Crippen LogP contribution in [-0.4, -0.2) is 15.0 Å². The van der Waals surface area contributed by atoms with Crippen molar-refractivity contribution >= 4 is 96.5 Å². The van der Waals surface area contributed by atoms with Crippen molar-refractivity contribution in [3.63, 3.8) is 0 Å². The van der Waals surface area contributed by atoms with Gasteiger partial charge in [0.2, 0.25) is 0 Å². The molecule has 0 aliphatic rings. The normalized spacial score (nSPS) is 12.0. The van der Waals surface area contributed by atoms with E-state index < -0.39 is 0 Å². The predicted molar refractivity (Wildman–Crippen MR) is 234 cm³/mol. The minimum atomic E-state index is 0.903. The number of thiophene rings is 1. The van der Waals surface area contributed by atoms with Gasteiger partial charge in [-0.05, 0) is 63.3 Å². The number of hydrogen-bond donors (Lipinski definition) is 0. The van der Waals surface area contributed by atoms with Crippen molar-refractivity contribution in [2.75, 3.05) is 0 Å². The lowest BCUT2D eigenvalue weighted by Crippen LogP contribution is -1.94. The minimum absolute atomic E-state index is 0.903. The monoisotopic (exact) mass is 715 g/mol. The van der Waals surface area contributed by atoms with Crippen LogP contribution in [0, 0.1) is 0 Å². The van der Waals surface area contributed by atoms with Gasteiger partial charge in [-0.15, -0.1) is 11.3 Å². The summed E-state index contributed by atoms with van der Waals surface area (Å²) >= 11 is 1.86. The van der Waals surface area contributed by atoms with Gasteiger partial charge in [0.1, 0.15) is 0 Å². The second-order valence-corrected chi connectivity index (χ2v) is 15.4. The maximum absolute atomic E-state index is 5.52. The van der Waals surface area contributed by atoms with Crippen molar-refractivity contribution in [2.24, 2.45) is 0 Å².